The van der Waals surface area contributed by atoms with Crippen molar-refractivity contribution in [3.63, 3.8) is 0 Å². The standard InChI is InChI=1S/C11H12ClN3O2S/c1-15-7-6-13-11(15)8-14-18(16,17)10-4-2-9(12)3-5-10/h2-7,14H,8H2,1H3. The van der Waals surface area contributed by atoms with Crippen LogP contribution in [0.1, 0.15) is 5.82 Å². The molecule has 0 fully saturated rings. The zero-order valence-corrected chi connectivity index (χ0v) is 11.2. The number of sulfonamides is 1. The van der Waals surface area contributed by atoms with Crippen LogP contribution >= 0.6 is 11.6 Å². The van der Waals surface area contributed by atoms with Gasteiger partial charge in [-0.1, -0.05) is 11.6 Å². The predicted molar refractivity (Wildman–Crippen MR) is 68.7 cm³/mol. The van der Waals surface area contributed by atoms with Crippen molar-refractivity contribution in [3.05, 3.63) is 47.5 Å². The molecule has 1 heterocycles. The van der Waals surface area contributed by atoms with Gasteiger partial charge in [0.05, 0.1) is 11.4 Å². The maximum atomic E-state index is 12.0. The Hall–Kier alpha value is -1.37. The number of benzene rings is 1. The first-order valence-electron chi connectivity index (χ1n) is 5.20. The van der Waals surface area contributed by atoms with Crippen LogP contribution in [0.5, 0.6) is 0 Å². The van der Waals surface area contributed by atoms with Crippen LogP contribution in [0.15, 0.2) is 41.6 Å². The zero-order chi connectivity index (χ0) is 13.2. The molecular weight excluding hydrogens is 274 g/mol. The van der Waals surface area contributed by atoms with Gasteiger partial charge in [0, 0.05) is 24.5 Å². The fourth-order valence-electron chi connectivity index (χ4n) is 1.42. The predicted octanol–water partition coefficient (Wildman–Crippen LogP) is 1.55. The molecule has 1 aromatic heterocycles. The average Bonchev–Trinajstić information content (AvgIpc) is 2.73. The lowest BCUT2D eigenvalue weighted by atomic mass is 10.4. The first-order chi connectivity index (χ1) is 8.49. The number of aryl methyl sites for hydroxylation is 1. The van der Waals surface area contributed by atoms with Crippen LogP contribution in [0, 0.1) is 0 Å². The van der Waals surface area contributed by atoms with Gasteiger partial charge in [0.2, 0.25) is 10.0 Å². The van der Waals surface area contributed by atoms with Crippen molar-refractivity contribution in [2.45, 2.75) is 11.4 Å². The third kappa shape index (κ3) is 2.90. The molecule has 2 rings (SSSR count). The molecule has 0 unspecified atom stereocenters. The van der Waals surface area contributed by atoms with Gasteiger partial charge in [-0.05, 0) is 24.3 Å². The van der Waals surface area contributed by atoms with Crippen molar-refractivity contribution in [2.24, 2.45) is 7.05 Å². The van der Waals surface area contributed by atoms with Crippen molar-refractivity contribution in [2.75, 3.05) is 0 Å². The van der Waals surface area contributed by atoms with E-state index in [2.05, 4.69) is 9.71 Å². The van der Waals surface area contributed by atoms with Crippen molar-refractivity contribution in [1.29, 1.82) is 0 Å². The number of nitrogens with zero attached hydrogens (tertiary/aromatic N) is 2. The number of hydrogen-bond donors (Lipinski definition) is 1. The second kappa shape index (κ2) is 5.09. The molecule has 0 saturated carbocycles. The summed E-state index contributed by atoms with van der Waals surface area (Å²) in [5.74, 6) is 0.646. The smallest absolute Gasteiger partial charge is 0.240 e. The minimum atomic E-state index is -3.53. The first-order valence-corrected chi connectivity index (χ1v) is 7.06. The summed E-state index contributed by atoms with van der Waals surface area (Å²) in [5.41, 5.74) is 0. The Morgan fingerprint density at radius 3 is 2.56 bits per heavy atom. The van der Waals surface area contributed by atoms with E-state index >= 15 is 0 Å². The molecule has 0 amide bonds. The van der Waals surface area contributed by atoms with E-state index < -0.39 is 10.0 Å². The van der Waals surface area contributed by atoms with Crippen molar-refractivity contribution in [3.8, 4) is 0 Å². The minimum Gasteiger partial charge on any atom is -0.337 e. The molecule has 0 aliphatic rings. The van der Waals surface area contributed by atoms with Crippen LogP contribution in [0.25, 0.3) is 0 Å². The van der Waals surface area contributed by atoms with E-state index in [0.29, 0.717) is 10.8 Å². The second-order valence-electron chi connectivity index (χ2n) is 3.73. The van der Waals surface area contributed by atoms with Crippen LogP contribution < -0.4 is 4.72 Å². The van der Waals surface area contributed by atoms with Crippen molar-refractivity contribution >= 4 is 21.6 Å². The highest BCUT2D eigenvalue weighted by Crippen LogP contribution is 2.14. The molecule has 0 saturated heterocycles. The zero-order valence-electron chi connectivity index (χ0n) is 9.67. The normalized spacial score (nSPS) is 11.7. The molecule has 0 aliphatic carbocycles. The first kappa shape index (κ1) is 13.1. The molecule has 18 heavy (non-hydrogen) atoms. The van der Waals surface area contributed by atoms with Gasteiger partial charge in [-0.15, -0.1) is 0 Å². The van der Waals surface area contributed by atoms with Crippen LogP contribution in [0.2, 0.25) is 5.02 Å². The van der Waals surface area contributed by atoms with E-state index in [1.165, 1.54) is 24.3 Å². The highest BCUT2D eigenvalue weighted by molar-refractivity contribution is 7.89. The lowest BCUT2D eigenvalue weighted by Crippen LogP contribution is -2.24. The third-order valence-corrected chi connectivity index (χ3v) is 4.13. The molecule has 96 valence electrons. The largest absolute Gasteiger partial charge is 0.337 e. The van der Waals surface area contributed by atoms with Gasteiger partial charge in [-0.3, -0.25) is 0 Å². The van der Waals surface area contributed by atoms with Crippen LogP contribution in [0.4, 0.5) is 0 Å². The molecular formula is C11H12ClN3O2S. The summed E-state index contributed by atoms with van der Waals surface area (Å²) < 4.78 is 28.2. The van der Waals surface area contributed by atoms with Gasteiger partial charge in [-0.25, -0.2) is 18.1 Å². The van der Waals surface area contributed by atoms with Crippen molar-refractivity contribution in [1.82, 2.24) is 14.3 Å². The number of halogens is 1. The fourth-order valence-corrected chi connectivity index (χ4v) is 2.53. The number of nitrogens with one attached hydrogen (secondary N) is 1. The number of aromatic nitrogens is 2. The summed E-state index contributed by atoms with van der Waals surface area (Å²) in [6.45, 7) is 0.147. The quantitative estimate of drug-likeness (QED) is 0.927. The van der Waals surface area contributed by atoms with Crippen LogP contribution in [-0.4, -0.2) is 18.0 Å². The third-order valence-electron chi connectivity index (χ3n) is 2.47. The summed E-state index contributed by atoms with van der Waals surface area (Å²) >= 11 is 5.71. The van der Waals surface area contributed by atoms with E-state index in [-0.39, 0.29) is 11.4 Å². The topological polar surface area (TPSA) is 64.0 Å². The van der Waals surface area contributed by atoms with E-state index in [0.717, 1.165) is 0 Å². The van der Waals surface area contributed by atoms with Gasteiger partial charge in [-0.2, -0.15) is 0 Å². The van der Waals surface area contributed by atoms with Crippen LogP contribution in [0.3, 0.4) is 0 Å². The maximum absolute atomic E-state index is 12.0. The summed E-state index contributed by atoms with van der Waals surface area (Å²) in [6.07, 6.45) is 3.37. The molecule has 7 heteroatoms. The Morgan fingerprint density at radius 2 is 2.00 bits per heavy atom. The maximum Gasteiger partial charge on any atom is 0.240 e. The number of rotatable bonds is 4. The molecule has 0 radical (unpaired) electrons. The average molecular weight is 286 g/mol. The Labute approximate surface area is 110 Å². The molecule has 0 bridgehead atoms. The fraction of sp³-hybridized carbons (Fsp3) is 0.182. The lowest BCUT2D eigenvalue weighted by Gasteiger charge is -2.06. The monoisotopic (exact) mass is 285 g/mol. The van der Waals surface area contributed by atoms with E-state index in [4.69, 9.17) is 11.6 Å². The van der Waals surface area contributed by atoms with E-state index in [1.807, 2.05) is 0 Å². The summed E-state index contributed by atoms with van der Waals surface area (Å²) in [4.78, 5) is 4.22. The van der Waals surface area contributed by atoms with Crippen molar-refractivity contribution < 1.29 is 8.42 Å². The van der Waals surface area contributed by atoms with E-state index in [9.17, 15) is 8.42 Å². The highest BCUT2D eigenvalue weighted by atomic mass is 35.5. The molecule has 0 spiro atoms. The Bertz CT molecular complexity index is 635. The SMILES string of the molecule is Cn1ccnc1CNS(=O)(=O)c1ccc(Cl)cc1. The minimum absolute atomic E-state index is 0.147. The molecule has 2 aromatic rings. The Morgan fingerprint density at radius 1 is 1.33 bits per heavy atom. The van der Waals surface area contributed by atoms with Gasteiger partial charge in [0.1, 0.15) is 5.82 Å². The summed E-state index contributed by atoms with van der Waals surface area (Å²) in [6, 6.07) is 6.00. The Balaban J connectivity index is 2.13. The lowest BCUT2D eigenvalue weighted by molar-refractivity contribution is 0.577. The highest BCUT2D eigenvalue weighted by Gasteiger charge is 2.14. The molecule has 0 atom stereocenters. The molecule has 5 nitrogen and oxygen atoms in total. The second-order valence-corrected chi connectivity index (χ2v) is 5.94. The molecule has 1 aromatic carbocycles. The van der Waals surface area contributed by atoms with Gasteiger partial charge >= 0.3 is 0 Å². The molecule has 1 N–H and O–H groups in total. The van der Waals surface area contributed by atoms with Gasteiger partial charge < -0.3 is 4.57 Å². The summed E-state index contributed by atoms with van der Waals surface area (Å²) in [7, 11) is -1.73. The Kier molecular flexibility index (Phi) is 3.70. The summed E-state index contributed by atoms with van der Waals surface area (Å²) in [5, 5.41) is 0.498. The van der Waals surface area contributed by atoms with E-state index in [1.54, 1.807) is 24.0 Å². The van der Waals surface area contributed by atoms with Gasteiger partial charge in [0.25, 0.3) is 0 Å². The van der Waals surface area contributed by atoms with Gasteiger partial charge in [0.15, 0.2) is 0 Å². The molecule has 0 aliphatic heterocycles. The number of hydrogen-bond acceptors (Lipinski definition) is 3. The number of imidazole rings is 1. The van der Waals surface area contributed by atoms with Crippen LogP contribution in [-0.2, 0) is 23.6 Å².